The van der Waals surface area contributed by atoms with Crippen molar-refractivity contribution in [1.82, 2.24) is 0 Å². The molecule has 0 aliphatic carbocycles. The number of benzene rings is 1. The van der Waals surface area contributed by atoms with E-state index in [1.165, 1.54) is 5.56 Å². The third kappa shape index (κ3) is 3.02. The van der Waals surface area contributed by atoms with E-state index in [1.807, 2.05) is 13.0 Å². The van der Waals surface area contributed by atoms with E-state index in [0.717, 1.165) is 23.3 Å². The van der Waals surface area contributed by atoms with E-state index in [4.69, 9.17) is 10.2 Å². The van der Waals surface area contributed by atoms with E-state index in [9.17, 15) is 0 Å². The van der Waals surface area contributed by atoms with Crippen molar-refractivity contribution in [2.75, 3.05) is 0 Å². The molecule has 0 bridgehead atoms. The Hall–Kier alpha value is -1.54. The van der Waals surface area contributed by atoms with Crippen molar-refractivity contribution in [2.45, 2.75) is 33.2 Å². The van der Waals surface area contributed by atoms with Crippen molar-refractivity contribution in [3.05, 3.63) is 59.0 Å². The highest BCUT2D eigenvalue weighted by molar-refractivity contribution is 5.33. The van der Waals surface area contributed by atoms with E-state index in [0.29, 0.717) is 5.92 Å². The Bertz CT molecular complexity index is 513. The zero-order valence-electron chi connectivity index (χ0n) is 11.3. The van der Waals surface area contributed by atoms with E-state index >= 15 is 0 Å². The summed E-state index contributed by atoms with van der Waals surface area (Å²) in [5, 5.41) is 0. The molecule has 0 aliphatic rings. The van der Waals surface area contributed by atoms with Crippen LogP contribution in [0.4, 0.5) is 0 Å². The average Bonchev–Trinajstić information content (AvgIpc) is 2.74. The van der Waals surface area contributed by atoms with Gasteiger partial charge in [-0.1, -0.05) is 38.1 Å². The normalized spacial score (nSPS) is 12.9. The maximum Gasteiger partial charge on any atom is 0.101 e. The smallest absolute Gasteiger partial charge is 0.101 e. The highest BCUT2D eigenvalue weighted by Crippen LogP contribution is 2.23. The fourth-order valence-corrected chi connectivity index (χ4v) is 2.20. The van der Waals surface area contributed by atoms with Gasteiger partial charge in [0, 0.05) is 5.56 Å². The molecule has 2 heteroatoms. The molecule has 1 aromatic heterocycles. The number of furan rings is 1. The molecule has 2 nitrogen and oxygen atoms in total. The predicted octanol–water partition coefficient (Wildman–Crippen LogP) is 3.83. The van der Waals surface area contributed by atoms with Gasteiger partial charge in [0.15, 0.2) is 0 Å². The second kappa shape index (κ2) is 5.40. The van der Waals surface area contributed by atoms with Crippen LogP contribution in [0, 0.1) is 12.8 Å². The second-order valence-corrected chi connectivity index (χ2v) is 5.31. The minimum Gasteiger partial charge on any atom is -0.469 e. The Labute approximate surface area is 109 Å². The number of hydrogen-bond donors (Lipinski definition) is 1. The van der Waals surface area contributed by atoms with E-state index in [2.05, 4.69) is 38.1 Å². The molecule has 0 aliphatic heterocycles. The summed E-state index contributed by atoms with van der Waals surface area (Å²) in [7, 11) is 0. The summed E-state index contributed by atoms with van der Waals surface area (Å²) < 4.78 is 5.32. The van der Waals surface area contributed by atoms with Crippen molar-refractivity contribution in [1.29, 1.82) is 0 Å². The predicted molar refractivity (Wildman–Crippen MR) is 74.5 cm³/mol. The van der Waals surface area contributed by atoms with Crippen LogP contribution in [0.2, 0.25) is 0 Å². The average molecular weight is 243 g/mol. The molecule has 18 heavy (non-hydrogen) atoms. The van der Waals surface area contributed by atoms with Gasteiger partial charge >= 0.3 is 0 Å². The monoisotopic (exact) mass is 243 g/mol. The molecule has 2 rings (SSSR count). The number of nitrogens with two attached hydrogens (primary N) is 1. The van der Waals surface area contributed by atoms with Gasteiger partial charge in [-0.2, -0.15) is 0 Å². The third-order valence-electron chi connectivity index (χ3n) is 3.06. The largest absolute Gasteiger partial charge is 0.469 e. The Kier molecular flexibility index (Phi) is 3.87. The minimum atomic E-state index is -0.102. The molecule has 96 valence electrons. The molecule has 2 aromatic rings. The standard InChI is InChI=1S/C16H21NO/c1-11(2)7-13-5-4-6-14(9-13)16(17)15-8-12(3)18-10-15/h4-6,8-11,16H,7,17H2,1-3H3. The molecular weight excluding hydrogens is 222 g/mol. The summed E-state index contributed by atoms with van der Waals surface area (Å²) in [5.74, 6) is 1.56. The van der Waals surface area contributed by atoms with Crippen LogP contribution >= 0.6 is 0 Å². The van der Waals surface area contributed by atoms with Gasteiger partial charge in [0.05, 0.1) is 12.3 Å². The lowest BCUT2D eigenvalue weighted by Crippen LogP contribution is -2.11. The lowest BCUT2D eigenvalue weighted by Gasteiger charge is -2.12. The van der Waals surface area contributed by atoms with Gasteiger partial charge in [-0.15, -0.1) is 0 Å². The minimum absolute atomic E-state index is 0.102. The van der Waals surface area contributed by atoms with Gasteiger partial charge in [-0.25, -0.2) is 0 Å². The molecular formula is C16H21NO. The van der Waals surface area contributed by atoms with E-state index in [-0.39, 0.29) is 6.04 Å². The van der Waals surface area contributed by atoms with Crippen molar-refractivity contribution < 1.29 is 4.42 Å². The molecule has 0 spiro atoms. The fourth-order valence-electron chi connectivity index (χ4n) is 2.20. The summed E-state index contributed by atoms with van der Waals surface area (Å²) in [6.45, 7) is 6.39. The van der Waals surface area contributed by atoms with Crippen LogP contribution in [0.1, 0.15) is 42.3 Å². The first-order valence-corrected chi connectivity index (χ1v) is 6.45. The molecule has 0 saturated heterocycles. The van der Waals surface area contributed by atoms with Crippen molar-refractivity contribution in [3.8, 4) is 0 Å². The van der Waals surface area contributed by atoms with Crippen LogP contribution in [-0.4, -0.2) is 0 Å². The molecule has 0 fully saturated rings. The highest BCUT2D eigenvalue weighted by atomic mass is 16.3. The topological polar surface area (TPSA) is 39.2 Å². The van der Waals surface area contributed by atoms with Crippen molar-refractivity contribution in [2.24, 2.45) is 11.7 Å². The molecule has 0 saturated carbocycles. The number of hydrogen-bond acceptors (Lipinski definition) is 2. The summed E-state index contributed by atoms with van der Waals surface area (Å²) >= 11 is 0. The maximum absolute atomic E-state index is 6.27. The summed E-state index contributed by atoms with van der Waals surface area (Å²) in [6.07, 6.45) is 2.83. The summed E-state index contributed by atoms with van der Waals surface area (Å²) in [4.78, 5) is 0. The molecule has 1 unspecified atom stereocenters. The Morgan fingerprint density at radius 3 is 2.56 bits per heavy atom. The zero-order chi connectivity index (χ0) is 13.1. The van der Waals surface area contributed by atoms with Gasteiger partial charge < -0.3 is 10.2 Å². The van der Waals surface area contributed by atoms with Crippen molar-refractivity contribution in [3.63, 3.8) is 0 Å². The Balaban J connectivity index is 2.22. The quantitative estimate of drug-likeness (QED) is 0.886. The van der Waals surface area contributed by atoms with Gasteiger partial charge in [-0.3, -0.25) is 0 Å². The number of aryl methyl sites for hydroxylation is 1. The van der Waals surface area contributed by atoms with Crippen LogP contribution in [0.5, 0.6) is 0 Å². The first-order chi connectivity index (χ1) is 8.56. The van der Waals surface area contributed by atoms with Crippen molar-refractivity contribution >= 4 is 0 Å². The Morgan fingerprint density at radius 2 is 1.94 bits per heavy atom. The third-order valence-corrected chi connectivity index (χ3v) is 3.06. The molecule has 0 radical (unpaired) electrons. The first-order valence-electron chi connectivity index (χ1n) is 6.45. The molecule has 1 atom stereocenters. The maximum atomic E-state index is 6.27. The van der Waals surface area contributed by atoms with Gasteiger partial charge in [-0.05, 0) is 36.5 Å². The Morgan fingerprint density at radius 1 is 1.17 bits per heavy atom. The van der Waals surface area contributed by atoms with Crippen LogP contribution in [-0.2, 0) is 6.42 Å². The van der Waals surface area contributed by atoms with Crippen LogP contribution < -0.4 is 5.73 Å². The van der Waals surface area contributed by atoms with Gasteiger partial charge in [0.25, 0.3) is 0 Å². The van der Waals surface area contributed by atoms with E-state index < -0.39 is 0 Å². The molecule has 2 N–H and O–H groups in total. The molecule has 0 amide bonds. The van der Waals surface area contributed by atoms with Gasteiger partial charge in [0.1, 0.15) is 5.76 Å². The van der Waals surface area contributed by atoms with Crippen LogP contribution in [0.25, 0.3) is 0 Å². The van der Waals surface area contributed by atoms with Crippen LogP contribution in [0.15, 0.2) is 41.0 Å². The molecule has 1 aromatic carbocycles. The second-order valence-electron chi connectivity index (χ2n) is 5.31. The highest BCUT2D eigenvalue weighted by Gasteiger charge is 2.11. The fraction of sp³-hybridized carbons (Fsp3) is 0.375. The lowest BCUT2D eigenvalue weighted by molar-refractivity contribution is 0.530. The lowest BCUT2D eigenvalue weighted by atomic mass is 9.96. The molecule has 1 heterocycles. The summed E-state index contributed by atoms with van der Waals surface area (Å²) in [6, 6.07) is 10.4. The SMILES string of the molecule is Cc1cc(C(N)c2cccc(CC(C)C)c2)co1. The van der Waals surface area contributed by atoms with Gasteiger partial charge in [0.2, 0.25) is 0 Å². The van der Waals surface area contributed by atoms with Crippen LogP contribution in [0.3, 0.4) is 0 Å². The number of rotatable bonds is 4. The first kappa shape index (κ1) is 12.9. The van der Waals surface area contributed by atoms with E-state index in [1.54, 1.807) is 6.26 Å². The summed E-state index contributed by atoms with van der Waals surface area (Å²) in [5.41, 5.74) is 9.80. The zero-order valence-corrected chi connectivity index (χ0v) is 11.3.